The van der Waals surface area contributed by atoms with Crippen LogP contribution >= 0.6 is 34.4 Å². The minimum absolute atomic E-state index is 0.136. The van der Waals surface area contributed by atoms with Gasteiger partial charge in [-0.05, 0) is 36.4 Å². The molecule has 0 saturated heterocycles. The van der Waals surface area contributed by atoms with Crippen molar-refractivity contribution in [1.82, 2.24) is 10.3 Å². The Labute approximate surface area is 157 Å². The van der Waals surface area contributed by atoms with E-state index in [1.807, 2.05) is 29.8 Å². The van der Waals surface area contributed by atoms with Gasteiger partial charge in [-0.2, -0.15) is 11.3 Å². The Morgan fingerprint density at radius 1 is 1.36 bits per heavy atom. The van der Waals surface area contributed by atoms with Crippen LogP contribution in [0.5, 0.6) is 0 Å². The van der Waals surface area contributed by atoms with Crippen molar-refractivity contribution in [3.05, 3.63) is 57.0 Å². The molecule has 1 N–H and O–H groups in total. The predicted molar refractivity (Wildman–Crippen MR) is 102 cm³/mol. The van der Waals surface area contributed by atoms with Crippen LogP contribution in [0.15, 0.2) is 39.9 Å². The third kappa shape index (κ3) is 3.23. The Bertz CT molecular complexity index is 921. The fraction of sp³-hybridized carbons (Fsp3) is 0.222. The topological polar surface area (TPSA) is 42.0 Å². The number of aromatic nitrogens is 1. The second-order valence-electron chi connectivity index (χ2n) is 5.77. The molecule has 1 atom stereocenters. The molecular weight excluding hydrogens is 375 g/mol. The first kappa shape index (κ1) is 16.8. The Kier molecular flexibility index (Phi) is 4.62. The van der Waals surface area contributed by atoms with E-state index in [4.69, 9.17) is 0 Å². The molecule has 0 fully saturated rings. The molecule has 0 bridgehead atoms. The lowest BCUT2D eigenvalue weighted by Crippen LogP contribution is -2.30. The summed E-state index contributed by atoms with van der Waals surface area (Å²) in [6.07, 6.45) is 0.794. The van der Waals surface area contributed by atoms with Crippen molar-refractivity contribution in [3.63, 3.8) is 0 Å². The van der Waals surface area contributed by atoms with E-state index in [2.05, 4.69) is 10.3 Å². The zero-order valence-electron chi connectivity index (χ0n) is 13.4. The van der Waals surface area contributed by atoms with Crippen molar-refractivity contribution >= 4 is 40.3 Å². The number of fused-ring (bicyclic) bond motifs is 1. The molecule has 128 valence electrons. The van der Waals surface area contributed by atoms with Gasteiger partial charge in [0.15, 0.2) is 0 Å². The maximum Gasteiger partial charge on any atom is 0.263 e. The number of rotatable bonds is 3. The molecule has 2 aromatic heterocycles. The molecule has 0 spiro atoms. The van der Waals surface area contributed by atoms with E-state index in [-0.39, 0.29) is 17.8 Å². The Balaban J connectivity index is 1.59. The fourth-order valence-electron chi connectivity index (χ4n) is 2.88. The Morgan fingerprint density at radius 3 is 3.04 bits per heavy atom. The second kappa shape index (κ2) is 6.90. The summed E-state index contributed by atoms with van der Waals surface area (Å²) in [5, 5.41) is 7.95. The number of thiophene rings is 1. The average Bonchev–Trinajstić information content (AvgIpc) is 3.25. The maximum atomic E-state index is 14.0. The summed E-state index contributed by atoms with van der Waals surface area (Å²) in [6.45, 7) is 1.85. The van der Waals surface area contributed by atoms with Crippen molar-refractivity contribution in [2.45, 2.75) is 24.3 Å². The number of hydrogen-bond acceptors (Lipinski definition) is 5. The van der Waals surface area contributed by atoms with E-state index in [1.54, 1.807) is 17.4 Å². The van der Waals surface area contributed by atoms with Gasteiger partial charge in [-0.25, -0.2) is 9.37 Å². The lowest BCUT2D eigenvalue weighted by molar-refractivity contribution is 0.0938. The van der Waals surface area contributed by atoms with Crippen LogP contribution in [0.1, 0.15) is 33.4 Å². The quantitative estimate of drug-likeness (QED) is 0.661. The van der Waals surface area contributed by atoms with E-state index in [0.717, 1.165) is 34.0 Å². The SMILES string of the molecule is Cc1nc(-c2ccsc2)sc1C(=O)NC1CCSc2c(F)cccc21. The normalized spacial score (nSPS) is 16.5. The highest BCUT2D eigenvalue weighted by molar-refractivity contribution is 7.99. The molecule has 0 radical (unpaired) electrons. The van der Waals surface area contributed by atoms with Crippen LogP contribution in [0.25, 0.3) is 10.6 Å². The third-order valence-corrected chi connectivity index (χ3v) is 7.15. The zero-order valence-corrected chi connectivity index (χ0v) is 15.9. The van der Waals surface area contributed by atoms with Crippen LogP contribution in [0.3, 0.4) is 0 Å². The average molecular weight is 391 g/mol. The van der Waals surface area contributed by atoms with Gasteiger partial charge in [0.1, 0.15) is 15.7 Å². The van der Waals surface area contributed by atoms with Gasteiger partial charge in [-0.1, -0.05) is 12.1 Å². The van der Waals surface area contributed by atoms with Crippen molar-refractivity contribution < 1.29 is 9.18 Å². The predicted octanol–water partition coefficient (Wildman–Crippen LogP) is 5.29. The molecule has 3 heterocycles. The first-order valence-corrected chi connectivity index (χ1v) is 10.6. The molecule has 1 unspecified atom stereocenters. The smallest absolute Gasteiger partial charge is 0.263 e. The number of thioether (sulfide) groups is 1. The molecular formula is C18H15FN2OS3. The first-order valence-electron chi connectivity index (χ1n) is 7.85. The lowest BCUT2D eigenvalue weighted by Gasteiger charge is -2.26. The van der Waals surface area contributed by atoms with Crippen LogP contribution in [0.4, 0.5) is 4.39 Å². The number of aryl methyl sites for hydroxylation is 1. The second-order valence-corrected chi connectivity index (χ2v) is 8.65. The van der Waals surface area contributed by atoms with Gasteiger partial charge < -0.3 is 5.32 Å². The van der Waals surface area contributed by atoms with Crippen molar-refractivity contribution in [2.24, 2.45) is 0 Å². The van der Waals surface area contributed by atoms with Gasteiger partial charge in [0.2, 0.25) is 0 Å². The van der Waals surface area contributed by atoms with Crippen molar-refractivity contribution in [2.75, 3.05) is 5.75 Å². The highest BCUT2D eigenvalue weighted by Gasteiger charge is 2.26. The number of nitrogens with zero attached hydrogens (tertiary/aromatic N) is 1. The number of halogens is 1. The van der Waals surface area contributed by atoms with E-state index in [1.165, 1.54) is 29.2 Å². The molecule has 1 aliphatic heterocycles. The Hall–Kier alpha value is -1.70. The van der Waals surface area contributed by atoms with Crippen LogP contribution in [0, 0.1) is 12.7 Å². The van der Waals surface area contributed by atoms with Gasteiger partial charge in [-0.3, -0.25) is 4.79 Å². The summed E-state index contributed by atoms with van der Waals surface area (Å²) in [6, 6.07) is 6.90. The highest BCUT2D eigenvalue weighted by atomic mass is 32.2. The number of carbonyl (C=O) groups is 1. The zero-order chi connectivity index (χ0) is 17.4. The Morgan fingerprint density at radius 2 is 2.24 bits per heavy atom. The first-order chi connectivity index (χ1) is 12.1. The molecule has 0 aliphatic carbocycles. The molecule has 1 aliphatic rings. The third-order valence-electron chi connectivity index (χ3n) is 4.10. The molecule has 3 aromatic rings. The molecule has 1 amide bonds. The van der Waals surface area contributed by atoms with E-state index >= 15 is 0 Å². The van der Waals surface area contributed by atoms with Gasteiger partial charge in [0.05, 0.1) is 11.7 Å². The van der Waals surface area contributed by atoms with E-state index < -0.39 is 0 Å². The van der Waals surface area contributed by atoms with Crippen molar-refractivity contribution in [1.29, 1.82) is 0 Å². The van der Waals surface area contributed by atoms with Gasteiger partial charge in [0, 0.05) is 21.6 Å². The van der Waals surface area contributed by atoms with Crippen molar-refractivity contribution in [3.8, 4) is 10.6 Å². The number of nitrogens with one attached hydrogen (secondary N) is 1. The number of hydrogen-bond donors (Lipinski definition) is 1. The van der Waals surface area contributed by atoms with Gasteiger partial charge >= 0.3 is 0 Å². The monoisotopic (exact) mass is 390 g/mol. The molecule has 3 nitrogen and oxygen atoms in total. The minimum atomic E-state index is -0.213. The van der Waals surface area contributed by atoms with Crippen LogP contribution < -0.4 is 5.32 Å². The van der Waals surface area contributed by atoms with Gasteiger partial charge in [-0.15, -0.1) is 23.1 Å². The molecule has 25 heavy (non-hydrogen) atoms. The van der Waals surface area contributed by atoms with Crippen LogP contribution in [0.2, 0.25) is 0 Å². The molecule has 4 rings (SSSR count). The summed E-state index contributed by atoms with van der Waals surface area (Å²) in [4.78, 5) is 18.6. The van der Waals surface area contributed by atoms with Crippen LogP contribution in [-0.2, 0) is 0 Å². The van der Waals surface area contributed by atoms with Gasteiger partial charge in [0.25, 0.3) is 5.91 Å². The maximum absolute atomic E-state index is 14.0. The van der Waals surface area contributed by atoms with E-state index in [0.29, 0.717) is 9.77 Å². The lowest BCUT2D eigenvalue weighted by atomic mass is 10.0. The standard InChI is InChI=1S/C18H15FN2OS3/c1-10-15(25-18(20-10)11-5-7-23-9-11)17(22)21-14-6-8-24-16-12(14)3-2-4-13(16)19/h2-5,7,9,14H,6,8H2,1H3,(H,21,22). The number of thiazole rings is 1. The number of amides is 1. The minimum Gasteiger partial charge on any atom is -0.344 e. The summed E-state index contributed by atoms with van der Waals surface area (Å²) in [5.74, 6) is 0.444. The molecule has 7 heteroatoms. The molecule has 1 aromatic carbocycles. The largest absolute Gasteiger partial charge is 0.344 e. The van der Waals surface area contributed by atoms with Crippen LogP contribution in [-0.4, -0.2) is 16.6 Å². The molecule has 0 saturated carbocycles. The summed E-state index contributed by atoms with van der Waals surface area (Å²) >= 11 is 4.52. The number of benzene rings is 1. The summed E-state index contributed by atoms with van der Waals surface area (Å²) in [5.41, 5.74) is 2.64. The number of carbonyl (C=O) groups excluding carboxylic acids is 1. The summed E-state index contributed by atoms with van der Waals surface area (Å²) in [7, 11) is 0. The fourth-order valence-corrected chi connectivity index (χ4v) is 5.70. The highest BCUT2D eigenvalue weighted by Crippen LogP contribution is 2.38. The summed E-state index contributed by atoms with van der Waals surface area (Å²) < 4.78 is 14.0. The van der Waals surface area contributed by atoms with E-state index in [9.17, 15) is 9.18 Å².